The first-order valence-corrected chi connectivity index (χ1v) is 8.95. The summed E-state index contributed by atoms with van der Waals surface area (Å²) in [4.78, 5) is 4.16. The lowest BCUT2D eigenvalue weighted by molar-refractivity contribution is -0.0505. The number of nitrogens with one attached hydrogen (secondary N) is 2. The van der Waals surface area contributed by atoms with Crippen molar-refractivity contribution < 1.29 is 23.0 Å². The highest BCUT2D eigenvalue weighted by Crippen LogP contribution is 2.26. The Hall–Kier alpha value is -3.29. The molecular weight excluding hydrogens is 380 g/mol. The standard InChI is InChI=1S/C21H25F2N3O3/c1-4-11-28-18-8-6-5-7-15(18)13-25-21(24-2)26-14-16-9-10-17(27-3)12-19(16)29-20(22)23/h4-10,12,20H,1,11,13-14H2,2-3H3,(H2,24,25,26). The lowest BCUT2D eigenvalue weighted by Crippen LogP contribution is -2.36. The molecule has 2 aromatic rings. The molecule has 8 heteroatoms. The summed E-state index contributed by atoms with van der Waals surface area (Å²) in [6.45, 7) is 1.84. The van der Waals surface area contributed by atoms with E-state index < -0.39 is 6.61 Å². The monoisotopic (exact) mass is 405 g/mol. The SMILES string of the molecule is C=CCOc1ccccc1CNC(=NC)NCc1ccc(OC)cc1OC(F)F. The predicted octanol–water partition coefficient (Wildman–Crippen LogP) is 3.73. The molecule has 0 atom stereocenters. The van der Waals surface area contributed by atoms with Crippen molar-refractivity contribution in [2.24, 2.45) is 4.99 Å². The maximum atomic E-state index is 12.7. The van der Waals surface area contributed by atoms with Gasteiger partial charge in [0.25, 0.3) is 0 Å². The van der Waals surface area contributed by atoms with E-state index in [9.17, 15) is 8.78 Å². The van der Waals surface area contributed by atoms with Gasteiger partial charge in [-0.1, -0.05) is 30.9 Å². The number of ether oxygens (including phenoxy) is 3. The van der Waals surface area contributed by atoms with Gasteiger partial charge in [-0.3, -0.25) is 4.99 Å². The van der Waals surface area contributed by atoms with Crippen LogP contribution in [-0.4, -0.2) is 33.3 Å². The smallest absolute Gasteiger partial charge is 0.387 e. The van der Waals surface area contributed by atoms with E-state index in [4.69, 9.17) is 9.47 Å². The topological polar surface area (TPSA) is 64.1 Å². The molecule has 2 N–H and O–H groups in total. The quantitative estimate of drug-likeness (QED) is 0.358. The van der Waals surface area contributed by atoms with E-state index in [1.807, 2.05) is 24.3 Å². The first kappa shape index (κ1) is 22.0. The van der Waals surface area contributed by atoms with Crippen molar-refractivity contribution >= 4 is 5.96 Å². The van der Waals surface area contributed by atoms with Crippen LogP contribution in [0.25, 0.3) is 0 Å². The minimum Gasteiger partial charge on any atom is -0.497 e. The molecule has 0 saturated heterocycles. The van der Waals surface area contributed by atoms with Crippen molar-refractivity contribution in [3.8, 4) is 17.2 Å². The van der Waals surface area contributed by atoms with Crippen molar-refractivity contribution in [2.45, 2.75) is 19.7 Å². The molecule has 0 amide bonds. The average molecular weight is 405 g/mol. The van der Waals surface area contributed by atoms with Crippen molar-refractivity contribution in [3.63, 3.8) is 0 Å². The molecule has 0 heterocycles. The zero-order valence-electron chi connectivity index (χ0n) is 16.5. The Morgan fingerprint density at radius 2 is 1.79 bits per heavy atom. The van der Waals surface area contributed by atoms with Crippen LogP contribution < -0.4 is 24.8 Å². The molecule has 156 valence electrons. The Bertz CT molecular complexity index is 829. The number of hydrogen-bond acceptors (Lipinski definition) is 4. The minimum absolute atomic E-state index is 0.0467. The summed E-state index contributed by atoms with van der Waals surface area (Å²) in [5.41, 5.74) is 1.49. The molecular formula is C21H25F2N3O3. The van der Waals surface area contributed by atoms with Crippen LogP contribution in [0, 0.1) is 0 Å². The third-order valence-electron chi connectivity index (χ3n) is 3.94. The number of rotatable bonds is 10. The molecule has 0 spiro atoms. The van der Waals surface area contributed by atoms with Crippen LogP contribution >= 0.6 is 0 Å². The molecule has 0 aliphatic rings. The molecule has 2 rings (SSSR count). The fraction of sp³-hybridized carbons (Fsp3) is 0.286. The largest absolute Gasteiger partial charge is 0.497 e. The number of hydrogen-bond donors (Lipinski definition) is 2. The predicted molar refractivity (Wildman–Crippen MR) is 109 cm³/mol. The number of methoxy groups -OCH3 is 1. The number of alkyl halides is 2. The molecule has 0 aliphatic carbocycles. The molecule has 0 aliphatic heterocycles. The summed E-state index contributed by atoms with van der Waals surface area (Å²) in [6, 6.07) is 12.4. The van der Waals surface area contributed by atoms with Gasteiger partial charge in [-0.2, -0.15) is 8.78 Å². The lowest BCUT2D eigenvalue weighted by atomic mass is 10.2. The van der Waals surface area contributed by atoms with Crippen LogP contribution in [0.15, 0.2) is 60.1 Å². The molecule has 0 saturated carbocycles. The highest BCUT2D eigenvalue weighted by Gasteiger charge is 2.12. The van der Waals surface area contributed by atoms with Crippen LogP contribution in [0.4, 0.5) is 8.78 Å². The third-order valence-corrected chi connectivity index (χ3v) is 3.94. The fourth-order valence-corrected chi connectivity index (χ4v) is 2.53. The van der Waals surface area contributed by atoms with Crippen molar-refractivity contribution in [1.82, 2.24) is 10.6 Å². The Kier molecular flexibility index (Phi) is 8.75. The van der Waals surface area contributed by atoms with E-state index in [-0.39, 0.29) is 12.3 Å². The number of aliphatic imine (C=N–C) groups is 1. The summed E-state index contributed by atoms with van der Waals surface area (Å²) in [5.74, 6) is 1.73. The van der Waals surface area contributed by atoms with Crippen LogP contribution in [0.2, 0.25) is 0 Å². The van der Waals surface area contributed by atoms with Gasteiger partial charge in [0.05, 0.1) is 7.11 Å². The highest BCUT2D eigenvalue weighted by molar-refractivity contribution is 5.79. The Balaban J connectivity index is 2.00. The third kappa shape index (κ3) is 6.99. The van der Waals surface area contributed by atoms with Gasteiger partial charge in [-0.25, -0.2) is 0 Å². The van der Waals surface area contributed by atoms with Crippen LogP contribution in [-0.2, 0) is 13.1 Å². The molecule has 0 bridgehead atoms. The summed E-state index contributed by atoms with van der Waals surface area (Å²) in [7, 11) is 3.09. The van der Waals surface area contributed by atoms with Gasteiger partial charge in [0, 0.05) is 37.3 Å². The number of halogens is 2. The van der Waals surface area contributed by atoms with E-state index in [0.29, 0.717) is 30.4 Å². The van der Waals surface area contributed by atoms with E-state index in [1.165, 1.54) is 13.2 Å². The molecule has 0 aromatic heterocycles. The lowest BCUT2D eigenvalue weighted by Gasteiger charge is -2.16. The molecule has 29 heavy (non-hydrogen) atoms. The normalized spacial score (nSPS) is 11.1. The Morgan fingerprint density at radius 1 is 1.10 bits per heavy atom. The zero-order chi connectivity index (χ0) is 21.1. The second-order valence-electron chi connectivity index (χ2n) is 5.84. The van der Waals surface area contributed by atoms with E-state index in [2.05, 4.69) is 26.9 Å². The zero-order valence-corrected chi connectivity index (χ0v) is 16.5. The van der Waals surface area contributed by atoms with Crippen molar-refractivity contribution in [1.29, 1.82) is 0 Å². The average Bonchev–Trinajstić information content (AvgIpc) is 2.73. The van der Waals surface area contributed by atoms with Crippen molar-refractivity contribution in [2.75, 3.05) is 20.8 Å². The second kappa shape index (κ2) is 11.5. The Morgan fingerprint density at radius 3 is 2.41 bits per heavy atom. The van der Waals surface area contributed by atoms with E-state index in [1.54, 1.807) is 25.3 Å². The van der Waals surface area contributed by atoms with Gasteiger partial charge in [0.2, 0.25) is 0 Å². The summed E-state index contributed by atoms with van der Waals surface area (Å²) in [6.07, 6.45) is 1.68. The van der Waals surface area contributed by atoms with Gasteiger partial charge in [-0.15, -0.1) is 0 Å². The molecule has 0 unspecified atom stereocenters. The number of guanidine groups is 1. The molecule has 0 radical (unpaired) electrons. The number of nitrogens with zero attached hydrogens (tertiary/aromatic N) is 1. The molecule has 6 nitrogen and oxygen atoms in total. The van der Waals surface area contributed by atoms with Gasteiger partial charge in [0.1, 0.15) is 23.9 Å². The van der Waals surface area contributed by atoms with E-state index >= 15 is 0 Å². The van der Waals surface area contributed by atoms with Crippen LogP contribution in [0.5, 0.6) is 17.2 Å². The maximum absolute atomic E-state index is 12.7. The summed E-state index contributed by atoms with van der Waals surface area (Å²) < 4.78 is 40.7. The van der Waals surface area contributed by atoms with Crippen LogP contribution in [0.1, 0.15) is 11.1 Å². The molecule has 2 aromatic carbocycles. The van der Waals surface area contributed by atoms with Gasteiger partial charge in [-0.05, 0) is 18.2 Å². The van der Waals surface area contributed by atoms with E-state index in [0.717, 1.165) is 11.3 Å². The van der Waals surface area contributed by atoms with Crippen LogP contribution in [0.3, 0.4) is 0 Å². The van der Waals surface area contributed by atoms with Gasteiger partial charge >= 0.3 is 6.61 Å². The first-order valence-electron chi connectivity index (χ1n) is 8.95. The fourth-order valence-electron chi connectivity index (χ4n) is 2.53. The summed E-state index contributed by atoms with van der Waals surface area (Å²) >= 11 is 0. The Labute approximate surface area is 169 Å². The first-order chi connectivity index (χ1) is 14.1. The second-order valence-corrected chi connectivity index (χ2v) is 5.84. The highest BCUT2D eigenvalue weighted by atomic mass is 19.3. The minimum atomic E-state index is -2.93. The number of benzene rings is 2. The molecule has 0 fully saturated rings. The van der Waals surface area contributed by atoms with Gasteiger partial charge < -0.3 is 24.8 Å². The van der Waals surface area contributed by atoms with Crippen molar-refractivity contribution in [3.05, 3.63) is 66.2 Å². The maximum Gasteiger partial charge on any atom is 0.387 e. The van der Waals surface area contributed by atoms with Gasteiger partial charge in [0.15, 0.2) is 5.96 Å². The number of para-hydroxylation sites is 1. The summed E-state index contributed by atoms with van der Waals surface area (Å²) in [5, 5.41) is 6.26.